The van der Waals surface area contributed by atoms with E-state index in [0.29, 0.717) is 48.7 Å². The molecule has 0 radical (unpaired) electrons. The zero-order chi connectivity index (χ0) is 27.9. The number of nitrogens with zero attached hydrogens (tertiary/aromatic N) is 5. The van der Waals surface area contributed by atoms with E-state index in [1.165, 1.54) is 7.11 Å². The summed E-state index contributed by atoms with van der Waals surface area (Å²) in [4.78, 5) is 47.2. The van der Waals surface area contributed by atoms with Crippen LogP contribution in [0.1, 0.15) is 56.5 Å². The predicted molar refractivity (Wildman–Crippen MR) is 149 cm³/mol. The van der Waals surface area contributed by atoms with Gasteiger partial charge in [-0.2, -0.15) is 15.0 Å². The van der Waals surface area contributed by atoms with Gasteiger partial charge in [0.1, 0.15) is 0 Å². The second-order valence-corrected chi connectivity index (χ2v) is 10.8. The Morgan fingerprint density at radius 2 is 1.92 bits per heavy atom. The van der Waals surface area contributed by atoms with E-state index < -0.39 is 0 Å². The SMILES string of the molecule is CCCNC(=O)N1CC[C@@H](Nc2nc(Nc3cc(C(=O)NOC)ccc3C)nc(N(C)CC(C)(C)C)n2)C1. The number of carbonyl (C=O) groups excluding carboxylic acids is 2. The van der Waals surface area contributed by atoms with E-state index in [1.807, 2.05) is 31.9 Å². The number of hydroxylamine groups is 1. The topological polar surface area (TPSA) is 137 Å². The highest BCUT2D eigenvalue weighted by Crippen LogP contribution is 2.24. The fraction of sp³-hybridized carbons (Fsp3) is 0.577. The maximum Gasteiger partial charge on any atom is 0.317 e. The molecule has 3 amide bonds. The molecule has 12 nitrogen and oxygen atoms in total. The van der Waals surface area contributed by atoms with Crippen LogP contribution < -0.4 is 26.3 Å². The Hall–Kier alpha value is -3.67. The Balaban J connectivity index is 1.85. The maximum absolute atomic E-state index is 12.4. The van der Waals surface area contributed by atoms with Crippen LogP contribution in [0.3, 0.4) is 0 Å². The number of carbonyl (C=O) groups is 2. The van der Waals surface area contributed by atoms with Crippen LogP contribution in [0.25, 0.3) is 0 Å². The molecule has 12 heteroatoms. The minimum Gasteiger partial charge on any atom is -0.349 e. The summed E-state index contributed by atoms with van der Waals surface area (Å²) in [7, 11) is 3.34. The van der Waals surface area contributed by atoms with Crippen LogP contribution in [-0.2, 0) is 4.84 Å². The second kappa shape index (κ2) is 12.7. The van der Waals surface area contributed by atoms with Crippen LogP contribution >= 0.6 is 0 Å². The molecule has 0 aliphatic carbocycles. The molecule has 0 unspecified atom stereocenters. The maximum atomic E-state index is 12.4. The Labute approximate surface area is 224 Å². The van der Waals surface area contributed by atoms with E-state index in [2.05, 4.69) is 57.2 Å². The summed E-state index contributed by atoms with van der Waals surface area (Å²) in [6, 6.07) is 5.26. The van der Waals surface area contributed by atoms with Gasteiger partial charge in [-0.1, -0.05) is 33.8 Å². The lowest BCUT2D eigenvalue weighted by Gasteiger charge is -2.27. The highest BCUT2D eigenvalue weighted by Gasteiger charge is 2.27. The first kappa shape index (κ1) is 28.9. The van der Waals surface area contributed by atoms with Gasteiger partial charge in [-0.25, -0.2) is 10.3 Å². The summed E-state index contributed by atoms with van der Waals surface area (Å²) in [5.41, 5.74) is 4.41. The standard InChI is InChI=1S/C26H41N9O3/c1-8-12-27-25(37)35-13-11-19(15-35)28-22-30-23(32-24(31-22)34(6)16-26(3,4)5)29-20-14-18(10-9-17(20)2)21(36)33-38-7/h9-10,14,19H,8,11-13,15-16H2,1-7H3,(H,27,37)(H,33,36)(H2,28,29,30,31,32)/t19-/m1/s1. The third-order valence-corrected chi connectivity index (χ3v) is 5.95. The summed E-state index contributed by atoms with van der Waals surface area (Å²) in [6.45, 7) is 13.0. The Morgan fingerprint density at radius 1 is 1.18 bits per heavy atom. The van der Waals surface area contributed by atoms with Crippen molar-refractivity contribution in [2.75, 3.05) is 55.9 Å². The van der Waals surface area contributed by atoms with Gasteiger partial charge in [0.2, 0.25) is 17.8 Å². The van der Waals surface area contributed by atoms with Crippen LogP contribution in [-0.4, -0.2) is 78.2 Å². The molecule has 1 saturated heterocycles. The summed E-state index contributed by atoms with van der Waals surface area (Å²) in [5, 5.41) is 9.59. The molecule has 1 fully saturated rings. The molecule has 0 bridgehead atoms. The summed E-state index contributed by atoms with van der Waals surface area (Å²) in [6.07, 6.45) is 1.68. The number of hydrogen-bond acceptors (Lipinski definition) is 9. The minimum atomic E-state index is -0.354. The van der Waals surface area contributed by atoms with Gasteiger partial charge in [0.05, 0.1) is 7.11 Å². The number of hydrogen-bond donors (Lipinski definition) is 4. The van der Waals surface area contributed by atoms with Gasteiger partial charge in [0.25, 0.3) is 5.91 Å². The van der Waals surface area contributed by atoms with E-state index in [0.717, 1.165) is 24.9 Å². The summed E-state index contributed by atoms with van der Waals surface area (Å²) in [5.74, 6) is 0.931. The molecule has 0 spiro atoms. The van der Waals surface area contributed by atoms with Crippen LogP contribution in [0, 0.1) is 12.3 Å². The van der Waals surface area contributed by atoms with E-state index in [9.17, 15) is 9.59 Å². The normalized spacial score (nSPS) is 15.2. The Kier molecular flexibility index (Phi) is 9.67. The van der Waals surface area contributed by atoms with Crippen molar-refractivity contribution in [1.82, 2.24) is 30.6 Å². The highest BCUT2D eigenvalue weighted by atomic mass is 16.6. The van der Waals surface area contributed by atoms with Crippen LogP contribution in [0.2, 0.25) is 0 Å². The van der Waals surface area contributed by atoms with Crippen LogP contribution in [0.5, 0.6) is 0 Å². The number of likely N-dealkylation sites (tertiary alicyclic amines) is 1. The van der Waals surface area contributed by atoms with Crippen LogP contribution in [0.4, 0.5) is 28.3 Å². The summed E-state index contributed by atoms with van der Waals surface area (Å²) >= 11 is 0. The first-order chi connectivity index (χ1) is 18.0. The van der Waals surface area contributed by atoms with Crippen molar-refractivity contribution in [3.05, 3.63) is 29.3 Å². The average molecular weight is 528 g/mol. The Bertz CT molecular complexity index is 1120. The molecule has 38 heavy (non-hydrogen) atoms. The van der Waals surface area contributed by atoms with Gasteiger partial charge in [-0.15, -0.1) is 0 Å². The summed E-state index contributed by atoms with van der Waals surface area (Å²) < 4.78 is 0. The fourth-order valence-electron chi connectivity index (χ4n) is 4.20. The zero-order valence-corrected chi connectivity index (χ0v) is 23.5. The molecule has 1 aromatic carbocycles. The lowest BCUT2D eigenvalue weighted by Crippen LogP contribution is -2.40. The van der Waals surface area contributed by atoms with Crippen LogP contribution in [0.15, 0.2) is 18.2 Å². The largest absolute Gasteiger partial charge is 0.349 e. The quantitative estimate of drug-likeness (QED) is 0.343. The van der Waals surface area contributed by atoms with Gasteiger partial charge < -0.3 is 25.8 Å². The number of amides is 3. The van der Waals surface area contributed by atoms with E-state index in [4.69, 9.17) is 4.84 Å². The third-order valence-electron chi connectivity index (χ3n) is 5.95. The Morgan fingerprint density at radius 3 is 2.61 bits per heavy atom. The van der Waals surface area contributed by atoms with Crippen molar-refractivity contribution in [1.29, 1.82) is 0 Å². The molecular weight excluding hydrogens is 486 g/mol. The number of rotatable bonds is 10. The van der Waals surface area contributed by atoms with Gasteiger partial charge >= 0.3 is 6.03 Å². The van der Waals surface area contributed by atoms with Gasteiger partial charge in [-0.05, 0) is 42.9 Å². The smallest absolute Gasteiger partial charge is 0.317 e. The molecular formula is C26H41N9O3. The van der Waals surface area contributed by atoms with E-state index in [-0.39, 0.29) is 23.4 Å². The molecule has 208 valence electrons. The van der Waals surface area contributed by atoms with E-state index >= 15 is 0 Å². The molecule has 1 atom stereocenters. The molecule has 3 rings (SSSR count). The van der Waals surface area contributed by atoms with Crippen molar-refractivity contribution in [2.24, 2.45) is 5.41 Å². The minimum absolute atomic E-state index is 0.0150. The molecule has 1 aromatic heterocycles. The number of benzene rings is 1. The molecule has 4 N–H and O–H groups in total. The number of nitrogens with one attached hydrogen (secondary N) is 4. The number of aryl methyl sites for hydroxylation is 1. The number of aromatic nitrogens is 3. The number of anilines is 4. The monoisotopic (exact) mass is 527 g/mol. The fourth-order valence-corrected chi connectivity index (χ4v) is 4.20. The molecule has 1 aliphatic rings. The predicted octanol–water partition coefficient (Wildman–Crippen LogP) is 3.30. The van der Waals surface area contributed by atoms with Gasteiger partial charge in [0.15, 0.2) is 0 Å². The van der Waals surface area contributed by atoms with Crippen molar-refractivity contribution >= 4 is 35.5 Å². The van der Waals surface area contributed by atoms with Crippen molar-refractivity contribution < 1.29 is 14.4 Å². The number of urea groups is 1. The molecule has 2 aromatic rings. The molecule has 2 heterocycles. The van der Waals surface area contributed by atoms with E-state index in [1.54, 1.807) is 17.0 Å². The zero-order valence-electron chi connectivity index (χ0n) is 23.5. The van der Waals surface area contributed by atoms with Crippen molar-refractivity contribution in [2.45, 2.75) is 53.5 Å². The third kappa shape index (κ3) is 8.17. The van der Waals surface area contributed by atoms with Crippen molar-refractivity contribution in [3.8, 4) is 0 Å². The van der Waals surface area contributed by atoms with Gasteiger partial charge in [0, 0.05) is 50.5 Å². The lowest BCUT2D eigenvalue weighted by atomic mass is 9.96. The molecule has 0 saturated carbocycles. The first-order valence-corrected chi connectivity index (χ1v) is 13.0. The highest BCUT2D eigenvalue weighted by molar-refractivity contribution is 5.94. The average Bonchev–Trinajstić information content (AvgIpc) is 3.31. The molecule has 1 aliphatic heterocycles. The van der Waals surface area contributed by atoms with Crippen molar-refractivity contribution in [3.63, 3.8) is 0 Å². The first-order valence-electron chi connectivity index (χ1n) is 13.0. The van der Waals surface area contributed by atoms with Gasteiger partial charge in [-0.3, -0.25) is 9.63 Å². The second-order valence-electron chi connectivity index (χ2n) is 10.8. The lowest BCUT2D eigenvalue weighted by molar-refractivity contribution is 0.0537.